The van der Waals surface area contributed by atoms with Crippen molar-refractivity contribution in [3.8, 4) is 0 Å². The Labute approximate surface area is 831 Å². The Morgan fingerprint density at radius 2 is 0.140 bits per heavy atom. The molecule has 129 heavy (non-hydrogen) atoms. The van der Waals surface area contributed by atoms with Gasteiger partial charge in [0.15, 0.2) is 0 Å². The van der Waals surface area contributed by atoms with E-state index in [2.05, 4.69) is 138 Å². The molecule has 0 atom stereocenters. The standard InChI is InChI=1S/C120H260Si9/c1-21-41-61-81-101-121(102-82-62-42-22-2,103-83-63-43-23-3)123(107-87-67-47-27-7,108-88-68-48-28-8)125(111-91-71-51-31-11,112-92-72-52-32-12)127(115-95-75-55-35-15,116-96-76-56-36-16)129(119-99-79-59-39-19,120-100-80-60-40-20)128(117-97-77-57-37-17,118-98-78-58-38-18)126(113-93-73-53-33-13,114-94-74-54-34-14)124(109-89-69-49-29-9,110-90-70-50-30-10)122(104-84-64-44-24-4,105-85-65-45-25-5)106-86-66-46-26-6/h21-120H2,1-20H3. The third kappa shape index (κ3) is 46.5. The fraction of sp³-hybridized carbons (Fsp3) is 1.00. The lowest BCUT2D eigenvalue weighted by Gasteiger charge is -2.77. The summed E-state index contributed by atoms with van der Waals surface area (Å²) >= 11 is 0. The molecular formula is C120H260Si9. The molecule has 0 aliphatic rings. The van der Waals surface area contributed by atoms with Gasteiger partial charge >= 0.3 is 0 Å². The first-order chi connectivity index (χ1) is 63.2. The van der Waals surface area contributed by atoms with E-state index in [1.807, 2.05) is 121 Å². The first kappa shape index (κ1) is 131. The smallest absolute Gasteiger partial charge is 0.0450 e. The van der Waals surface area contributed by atoms with Crippen molar-refractivity contribution < 1.29 is 0 Å². The van der Waals surface area contributed by atoms with Gasteiger partial charge in [0.25, 0.3) is 0 Å². The molecule has 0 unspecified atom stereocenters. The highest BCUT2D eigenvalue weighted by molar-refractivity contribution is 8.07. The molecule has 0 aromatic heterocycles. The van der Waals surface area contributed by atoms with E-state index in [0.29, 0.717) is 0 Å². The van der Waals surface area contributed by atoms with Gasteiger partial charge in [-0.3, -0.25) is 0 Å². The van der Waals surface area contributed by atoms with E-state index in [9.17, 15) is 0 Å². The van der Waals surface area contributed by atoms with Crippen LogP contribution < -0.4 is 0 Å². The molecule has 0 spiro atoms. The Morgan fingerprint density at radius 1 is 0.0698 bits per heavy atom. The van der Waals surface area contributed by atoms with Gasteiger partial charge in [0.1, 0.15) is 0 Å². The molecule has 0 aromatic rings. The molecule has 0 nitrogen and oxygen atoms in total. The first-order valence-electron chi connectivity index (χ1n) is 63.2. The Bertz CT molecular complexity index is 1980. The van der Waals surface area contributed by atoms with Crippen molar-refractivity contribution in [1.82, 2.24) is 0 Å². The SMILES string of the molecule is CCCCCC[Si](CCCCCC)(CCCCCC)[Si](CCCCCC)(CCCCCC)[Si](CCCCCC)(CCCCCC)[Si](CCCCCC)(CCCCCC)[Si](CCCCCC)(CCCCCC)[Si](CCCCCC)(CCCCCC)[Si](CCCCCC)(CCCCCC)[Si](CCCCCC)(CCCCCC)[Si](CCCCCC)(CCCCCC)CCCCCC. The van der Waals surface area contributed by atoms with Gasteiger partial charge in [0, 0.05) is 64.9 Å². The molecular weight excluding hydrogens is 1690 g/mol. The monoisotopic (exact) mass is 1950 g/mol. The molecule has 0 rings (SSSR count). The van der Waals surface area contributed by atoms with E-state index in [0.717, 1.165) is 0 Å². The second-order valence-corrected chi connectivity index (χ2v) is 134. The summed E-state index contributed by atoms with van der Waals surface area (Å²) in [5.41, 5.74) is 0. The van der Waals surface area contributed by atoms with Crippen LogP contribution in [0.15, 0.2) is 0 Å². The van der Waals surface area contributed by atoms with Crippen molar-refractivity contribution in [3.63, 3.8) is 0 Å². The molecule has 0 bridgehead atoms. The number of hydrogen-bond acceptors (Lipinski definition) is 0. The van der Waals surface area contributed by atoms with Crippen molar-refractivity contribution in [3.05, 3.63) is 0 Å². The van der Waals surface area contributed by atoms with Gasteiger partial charge < -0.3 is 0 Å². The van der Waals surface area contributed by atoms with Crippen LogP contribution in [0.3, 0.4) is 0 Å². The highest BCUT2D eigenvalue weighted by atomic mass is 30.1. The first-order valence-corrected chi connectivity index (χ1v) is 93.4. The van der Waals surface area contributed by atoms with E-state index in [-0.39, 0.29) is 0 Å². The summed E-state index contributed by atoms with van der Waals surface area (Å²) < 4.78 is 0. The molecule has 0 saturated heterocycles. The maximum atomic E-state index is 2.72. The Morgan fingerprint density at radius 3 is 0.225 bits per heavy atom. The van der Waals surface area contributed by atoms with Gasteiger partial charge in [-0.15, -0.1) is 0 Å². The van der Waals surface area contributed by atoms with Crippen LogP contribution in [0.25, 0.3) is 0 Å². The molecule has 0 aliphatic carbocycles. The number of hydrogen-bond donors (Lipinski definition) is 0. The molecule has 776 valence electrons. The fourth-order valence-electron chi connectivity index (χ4n) is 30.5. The van der Waals surface area contributed by atoms with Crippen LogP contribution in [0.4, 0.5) is 0 Å². The summed E-state index contributed by atoms with van der Waals surface area (Å²) in [7, 11) is -21.6. The van der Waals surface area contributed by atoms with Crippen LogP contribution in [0, 0.1) is 0 Å². The maximum absolute atomic E-state index is 2.72. The largest absolute Gasteiger partial charge is 0.0654 e. The molecule has 0 aliphatic heterocycles. The van der Waals surface area contributed by atoms with Gasteiger partial charge in [-0.05, 0) is 0 Å². The second-order valence-electron chi connectivity index (χ2n) is 46.3. The molecule has 0 heterocycles. The van der Waals surface area contributed by atoms with Gasteiger partial charge in [-0.25, -0.2) is 0 Å². The van der Waals surface area contributed by atoms with Gasteiger partial charge in [-0.2, -0.15) is 0 Å². The summed E-state index contributed by atoms with van der Waals surface area (Å²) in [6, 6.07) is 38.6. The van der Waals surface area contributed by atoms with E-state index < -0.39 is 64.9 Å². The quantitative estimate of drug-likeness (QED) is 0.0421. The summed E-state index contributed by atoms with van der Waals surface area (Å²) in [4.78, 5) is 0. The molecule has 0 aromatic carbocycles. The Hall–Kier alpha value is 1.95. The van der Waals surface area contributed by atoms with Crippen molar-refractivity contribution in [2.24, 2.45) is 0 Å². The Kier molecular flexibility index (Phi) is 90.2. The third-order valence-corrected chi connectivity index (χ3v) is 222. The predicted octanol–water partition coefficient (Wildman–Crippen LogP) is 47.3. The Balaban J connectivity index is 14.7. The third-order valence-electron chi connectivity index (χ3n) is 37.0. The van der Waals surface area contributed by atoms with Gasteiger partial charge in [0.2, 0.25) is 0 Å². The molecule has 0 N–H and O–H groups in total. The fourth-order valence-corrected chi connectivity index (χ4v) is 351. The van der Waals surface area contributed by atoms with Crippen molar-refractivity contribution in [2.45, 2.75) is 773 Å². The lowest BCUT2D eigenvalue weighted by molar-refractivity contribution is 0.662. The molecule has 0 amide bonds. The topological polar surface area (TPSA) is 0 Å². The summed E-state index contributed by atoms with van der Waals surface area (Å²) in [6.45, 7) is 53.6. The minimum absolute atomic E-state index is 1.43. The van der Waals surface area contributed by atoms with Crippen LogP contribution in [0.1, 0.15) is 652 Å². The minimum Gasteiger partial charge on any atom is -0.0654 e. The summed E-state index contributed by atoms with van der Waals surface area (Å²) in [5, 5.41) is 0. The van der Waals surface area contributed by atoms with Crippen LogP contribution in [-0.2, 0) is 0 Å². The van der Waals surface area contributed by atoms with Crippen molar-refractivity contribution in [2.75, 3.05) is 0 Å². The molecule has 0 fully saturated rings. The normalized spacial score (nSPS) is 13.1. The lowest BCUT2D eigenvalue weighted by atomic mass is 10.2. The van der Waals surface area contributed by atoms with E-state index in [1.165, 1.54) is 193 Å². The predicted molar refractivity (Wildman–Crippen MR) is 631 cm³/mol. The number of unbranched alkanes of at least 4 members (excludes halogenated alkanes) is 60. The van der Waals surface area contributed by atoms with E-state index >= 15 is 0 Å². The van der Waals surface area contributed by atoms with Crippen LogP contribution in [0.2, 0.25) is 121 Å². The minimum atomic E-state index is -2.58. The zero-order chi connectivity index (χ0) is 95.2. The average Bonchev–Trinajstić information content (AvgIpc) is 0.650. The van der Waals surface area contributed by atoms with E-state index in [1.54, 1.807) is 321 Å². The van der Waals surface area contributed by atoms with Crippen LogP contribution >= 0.6 is 0 Å². The van der Waals surface area contributed by atoms with Crippen molar-refractivity contribution in [1.29, 1.82) is 0 Å². The maximum Gasteiger partial charge on any atom is 0.0450 e. The molecule has 0 saturated carbocycles. The summed E-state index contributed by atoms with van der Waals surface area (Å²) in [5.74, 6) is 0. The highest BCUT2D eigenvalue weighted by Gasteiger charge is 2.82. The zero-order valence-corrected chi connectivity index (χ0v) is 104. The average molecular weight is 1960 g/mol. The molecule has 0 radical (unpaired) electrons. The van der Waals surface area contributed by atoms with Crippen molar-refractivity contribution >= 4 is 64.9 Å². The lowest BCUT2D eigenvalue weighted by Crippen LogP contribution is -3.00. The number of rotatable bonds is 108. The second kappa shape index (κ2) is 88.8. The summed E-state index contributed by atoms with van der Waals surface area (Å²) in [6.07, 6.45) is 126. The molecule has 9 heteroatoms. The zero-order valence-electron chi connectivity index (χ0n) is 95.2. The van der Waals surface area contributed by atoms with E-state index in [4.69, 9.17) is 0 Å². The van der Waals surface area contributed by atoms with Crippen LogP contribution in [-0.4, -0.2) is 64.9 Å². The highest BCUT2D eigenvalue weighted by Crippen LogP contribution is 2.66. The van der Waals surface area contributed by atoms with Gasteiger partial charge in [-0.1, -0.05) is 773 Å². The van der Waals surface area contributed by atoms with Crippen LogP contribution in [0.5, 0.6) is 0 Å². The van der Waals surface area contributed by atoms with Gasteiger partial charge in [0.05, 0.1) is 0 Å².